The predicted molar refractivity (Wildman–Crippen MR) is 61.3 cm³/mol. The molecular formula is C13H23N. The molecule has 0 aromatic carbocycles. The molecule has 2 fully saturated rings. The van der Waals surface area contributed by atoms with Gasteiger partial charge in [-0.2, -0.15) is 0 Å². The Bertz CT molecular complexity index is 203. The van der Waals surface area contributed by atoms with E-state index in [1.807, 2.05) is 0 Å². The molecule has 1 aliphatic carbocycles. The molecule has 0 spiro atoms. The SMILES string of the molecule is CC(C)=CCCN1CC2CCC(C2)C1. The summed E-state index contributed by atoms with van der Waals surface area (Å²) in [6, 6.07) is 0. The predicted octanol–water partition coefficient (Wildman–Crippen LogP) is 3.07. The number of likely N-dealkylation sites (tertiary alicyclic amines) is 1. The summed E-state index contributed by atoms with van der Waals surface area (Å²) in [4.78, 5) is 2.69. The highest BCUT2D eigenvalue weighted by Crippen LogP contribution is 2.36. The summed E-state index contributed by atoms with van der Waals surface area (Å²) < 4.78 is 0. The van der Waals surface area contributed by atoms with Gasteiger partial charge in [-0.05, 0) is 51.4 Å². The Labute approximate surface area is 88.2 Å². The fraction of sp³-hybridized carbons (Fsp3) is 0.846. The lowest BCUT2D eigenvalue weighted by atomic mass is 9.99. The van der Waals surface area contributed by atoms with E-state index in [-0.39, 0.29) is 0 Å². The lowest BCUT2D eigenvalue weighted by molar-refractivity contribution is 0.171. The van der Waals surface area contributed by atoms with Crippen LogP contribution in [0, 0.1) is 11.8 Å². The van der Waals surface area contributed by atoms with Gasteiger partial charge in [-0.15, -0.1) is 0 Å². The second-order valence-corrected chi connectivity index (χ2v) is 5.37. The number of fused-ring (bicyclic) bond motifs is 2. The van der Waals surface area contributed by atoms with Crippen molar-refractivity contribution in [2.45, 2.75) is 39.5 Å². The van der Waals surface area contributed by atoms with E-state index in [0.29, 0.717) is 0 Å². The molecule has 2 rings (SSSR count). The van der Waals surface area contributed by atoms with Gasteiger partial charge in [0.05, 0.1) is 0 Å². The van der Waals surface area contributed by atoms with Crippen molar-refractivity contribution < 1.29 is 0 Å². The van der Waals surface area contributed by atoms with Gasteiger partial charge in [-0.25, -0.2) is 0 Å². The van der Waals surface area contributed by atoms with Crippen molar-refractivity contribution in [1.82, 2.24) is 4.90 Å². The third-order valence-corrected chi connectivity index (χ3v) is 3.68. The highest BCUT2D eigenvalue weighted by Gasteiger charge is 2.32. The van der Waals surface area contributed by atoms with E-state index >= 15 is 0 Å². The van der Waals surface area contributed by atoms with E-state index in [9.17, 15) is 0 Å². The molecule has 0 N–H and O–H groups in total. The number of rotatable bonds is 3. The van der Waals surface area contributed by atoms with Crippen LogP contribution in [-0.2, 0) is 0 Å². The van der Waals surface area contributed by atoms with Gasteiger partial charge in [0, 0.05) is 19.6 Å². The van der Waals surface area contributed by atoms with Crippen LogP contribution >= 0.6 is 0 Å². The minimum absolute atomic E-state index is 1.04. The lowest BCUT2D eigenvalue weighted by Crippen LogP contribution is -2.36. The number of hydrogen-bond donors (Lipinski definition) is 0. The van der Waals surface area contributed by atoms with E-state index in [4.69, 9.17) is 0 Å². The largest absolute Gasteiger partial charge is 0.302 e. The zero-order chi connectivity index (χ0) is 9.97. The summed E-state index contributed by atoms with van der Waals surface area (Å²) in [5, 5.41) is 0. The number of hydrogen-bond acceptors (Lipinski definition) is 1. The quantitative estimate of drug-likeness (QED) is 0.623. The van der Waals surface area contributed by atoms with Crippen molar-refractivity contribution in [2.24, 2.45) is 11.8 Å². The molecule has 1 aliphatic heterocycles. The van der Waals surface area contributed by atoms with Crippen molar-refractivity contribution in [2.75, 3.05) is 19.6 Å². The molecule has 0 amide bonds. The highest BCUT2D eigenvalue weighted by molar-refractivity contribution is 4.94. The van der Waals surface area contributed by atoms with Crippen LogP contribution in [0.1, 0.15) is 39.5 Å². The van der Waals surface area contributed by atoms with Gasteiger partial charge in [0.2, 0.25) is 0 Å². The summed E-state index contributed by atoms with van der Waals surface area (Å²) in [6.45, 7) is 8.44. The molecule has 2 unspecified atom stereocenters. The first-order chi connectivity index (χ1) is 6.74. The Morgan fingerprint density at radius 3 is 2.43 bits per heavy atom. The molecular weight excluding hydrogens is 170 g/mol. The molecule has 0 aromatic rings. The van der Waals surface area contributed by atoms with E-state index in [1.54, 1.807) is 0 Å². The summed E-state index contributed by atoms with van der Waals surface area (Å²) in [6.07, 6.45) is 8.16. The van der Waals surface area contributed by atoms with Gasteiger partial charge < -0.3 is 4.90 Å². The van der Waals surface area contributed by atoms with Crippen molar-refractivity contribution >= 4 is 0 Å². The average Bonchev–Trinajstić information content (AvgIpc) is 2.45. The fourth-order valence-corrected chi connectivity index (χ4v) is 3.03. The van der Waals surface area contributed by atoms with Crippen molar-refractivity contribution in [3.63, 3.8) is 0 Å². The zero-order valence-corrected chi connectivity index (χ0v) is 9.63. The molecule has 1 heteroatoms. The van der Waals surface area contributed by atoms with Crippen LogP contribution in [0.15, 0.2) is 11.6 Å². The number of nitrogens with zero attached hydrogens (tertiary/aromatic N) is 1. The Morgan fingerprint density at radius 1 is 1.21 bits per heavy atom. The number of piperidine rings is 1. The standard InChI is InChI=1S/C13H23N/c1-11(2)4-3-7-14-9-12-5-6-13(8-12)10-14/h4,12-13H,3,5-10H2,1-2H3. The highest BCUT2D eigenvalue weighted by atomic mass is 15.1. The second kappa shape index (κ2) is 4.48. The topological polar surface area (TPSA) is 3.24 Å². The Kier molecular flexibility index (Phi) is 3.27. The molecule has 0 radical (unpaired) electrons. The summed E-state index contributed by atoms with van der Waals surface area (Å²) >= 11 is 0. The maximum Gasteiger partial charge on any atom is 0.00162 e. The lowest BCUT2D eigenvalue weighted by Gasteiger charge is -2.31. The summed E-state index contributed by atoms with van der Waals surface area (Å²) in [7, 11) is 0. The van der Waals surface area contributed by atoms with Crippen molar-refractivity contribution in [3.05, 3.63) is 11.6 Å². The van der Waals surface area contributed by atoms with E-state index < -0.39 is 0 Å². The summed E-state index contributed by atoms with van der Waals surface area (Å²) in [5.74, 6) is 2.08. The monoisotopic (exact) mass is 193 g/mol. The molecule has 2 atom stereocenters. The molecule has 1 saturated heterocycles. The van der Waals surface area contributed by atoms with Gasteiger partial charge in [-0.3, -0.25) is 0 Å². The maximum atomic E-state index is 2.69. The Morgan fingerprint density at radius 2 is 1.86 bits per heavy atom. The van der Waals surface area contributed by atoms with E-state index in [2.05, 4.69) is 24.8 Å². The van der Waals surface area contributed by atoms with Crippen LogP contribution in [0.2, 0.25) is 0 Å². The van der Waals surface area contributed by atoms with E-state index in [0.717, 1.165) is 11.8 Å². The van der Waals surface area contributed by atoms with E-state index in [1.165, 1.54) is 50.9 Å². The van der Waals surface area contributed by atoms with Gasteiger partial charge in [-0.1, -0.05) is 11.6 Å². The third-order valence-electron chi connectivity index (χ3n) is 3.68. The Balaban J connectivity index is 1.74. The molecule has 80 valence electrons. The van der Waals surface area contributed by atoms with Gasteiger partial charge in [0.15, 0.2) is 0 Å². The molecule has 1 heterocycles. The van der Waals surface area contributed by atoms with Gasteiger partial charge in [0.25, 0.3) is 0 Å². The maximum absolute atomic E-state index is 2.69. The van der Waals surface area contributed by atoms with Crippen LogP contribution in [0.5, 0.6) is 0 Å². The van der Waals surface area contributed by atoms with Crippen LogP contribution < -0.4 is 0 Å². The fourth-order valence-electron chi connectivity index (χ4n) is 3.03. The molecule has 2 aliphatic rings. The Hall–Kier alpha value is -0.300. The molecule has 14 heavy (non-hydrogen) atoms. The van der Waals surface area contributed by atoms with Crippen LogP contribution in [0.25, 0.3) is 0 Å². The third kappa shape index (κ3) is 2.60. The van der Waals surface area contributed by atoms with Crippen LogP contribution in [-0.4, -0.2) is 24.5 Å². The minimum Gasteiger partial charge on any atom is -0.302 e. The number of allylic oxidation sites excluding steroid dienone is 1. The first-order valence-electron chi connectivity index (χ1n) is 6.10. The zero-order valence-electron chi connectivity index (χ0n) is 9.63. The molecule has 0 aromatic heterocycles. The summed E-state index contributed by atoms with van der Waals surface area (Å²) in [5.41, 5.74) is 1.46. The first kappa shape index (κ1) is 10.2. The molecule has 2 bridgehead atoms. The second-order valence-electron chi connectivity index (χ2n) is 5.37. The van der Waals surface area contributed by atoms with Crippen molar-refractivity contribution in [1.29, 1.82) is 0 Å². The molecule has 1 saturated carbocycles. The smallest absolute Gasteiger partial charge is 0.00162 e. The van der Waals surface area contributed by atoms with Crippen LogP contribution in [0.4, 0.5) is 0 Å². The molecule has 1 nitrogen and oxygen atoms in total. The van der Waals surface area contributed by atoms with Gasteiger partial charge >= 0.3 is 0 Å². The average molecular weight is 193 g/mol. The van der Waals surface area contributed by atoms with Gasteiger partial charge in [0.1, 0.15) is 0 Å². The van der Waals surface area contributed by atoms with Crippen LogP contribution in [0.3, 0.4) is 0 Å². The normalized spacial score (nSPS) is 31.9. The minimum atomic E-state index is 1.04. The first-order valence-corrected chi connectivity index (χ1v) is 6.10. The van der Waals surface area contributed by atoms with Crippen molar-refractivity contribution in [3.8, 4) is 0 Å².